The standard InChI is InChI=1S/C6H6F6O2/c7-5(8,9)2-1-4(13)14-3-6(10,11)12/h1-3H2. The molecule has 0 spiro atoms. The number of hydrogen-bond donors (Lipinski definition) is 0. The van der Waals surface area contributed by atoms with E-state index in [1.54, 1.807) is 0 Å². The normalized spacial score (nSPS) is 12.7. The molecule has 84 valence electrons. The van der Waals surface area contributed by atoms with Crippen molar-refractivity contribution in [3.05, 3.63) is 0 Å². The van der Waals surface area contributed by atoms with Crippen molar-refractivity contribution in [1.82, 2.24) is 0 Å². The average molecular weight is 224 g/mol. The van der Waals surface area contributed by atoms with E-state index >= 15 is 0 Å². The van der Waals surface area contributed by atoms with Crippen LogP contribution in [0.1, 0.15) is 12.8 Å². The van der Waals surface area contributed by atoms with Gasteiger partial charge in [-0.1, -0.05) is 0 Å². The van der Waals surface area contributed by atoms with Crippen LogP contribution in [0.25, 0.3) is 0 Å². The van der Waals surface area contributed by atoms with Crippen molar-refractivity contribution in [1.29, 1.82) is 0 Å². The van der Waals surface area contributed by atoms with Gasteiger partial charge in [-0.25, -0.2) is 0 Å². The number of esters is 1. The van der Waals surface area contributed by atoms with E-state index in [-0.39, 0.29) is 0 Å². The molecule has 2 nitrogen and oxygen atoms in total. The second-order valence-corrected chi connectivity index (χ2v) is 2.39. The summed E-state index contributed by atoms with van der Waals surface area (Å²) in [5.74, 6) is -1.51. The van der Waals surface area contributed by atoms with Crippen molar-refractivity contribution in [3.63, 3.8) is 0 Å². The maximum Gasteiger partial charge on any atom is 0.422 e. The Kier molecular flexibility index (Phi) is 4.21. The highest BCUT2D eigenvalue weighted by atomic mass is 19.4. The number of alkyl halides is 6. The minimum absolute atomic E-state index is 1.10. The fraction of sp³-hybridized carbons (Fsp3) is 0.833. The molecule has 0 aliphatic rings. The lowest BCUT2D eigenvalue weighted by Gasteiger charge is -2.08. The molecular formula is C6H6F6O2. The van der Waals surface area contributed by atoms with Crippen LogP contribution < -0.4 is 0 Å². The van der Waals surface area contributed by atoms with Crippen LogP contribution in [0.5, 0.6) is 0 Å². The van der Waals surface area contributed by atoms with Gasteiger partial charge < -0.3 is 4.74 Å². The summed E-state index contributed by atoms with van der Waals surface area (Å²) >= 11 is 0. The summed E-state index contributed by atoms with van der Waals surface area (Å²) in [6.45, 7) is -1.86. The molecule has 0 aromatic carbocycles. The van der Waals surface area contributed by atoms with E-state index in [0.29, 0.717) is 0 Å². The van der Waals surface area contributed by atoms with E-state index in [4.69, 9.17) is 0 Å². The molecular weight excluding hydrogens is 218 g/mol. The Labute approximate surface area is 74.8 Å². The number of carbonyl (C=O) groups is 1. The number of ether oxygens (including phenoxy) is 1. The van der Waals surface area contributed by atoms with Crippen LogP contribution in [0.2, 0.25) is 0 Å². The number of rotatable bonds is 3. The van der Waals surface area contributed by atoms with E-state index in [1.807, 2.05) is 0 Å². The fourth-order valence-electron chi connectivity index (χ4n) is 0.478. The Morgan fingerprint density at radius 3 is 1.86 bits per heavy atom. The minimum atomic E-state index is -4.71. The van der Waals surface area contributed by atoms with Crippen LogP contribution in [0.4, 0.5) is 26.3 Å². The molecule has 0 saturated carbocycles. The van der Waals surface area contributed by atoms with Crippen LogP contribution in [-0.4, -0.2) is 24.9 Å². The second kappa shape index (κ2) is 4.52. The second-order valence-electron chi connectivity index (χ2n) is 2.39. The van der Waals surface area contributed by atoms with Crippen LogP contribution in [0.3, 0.4) is 0 Å². The predicted molar refractivity (Wildman–Crippen MR) is 32.3 cm³/mol. The summed E-state index contributed by atoms with van der Waals surface area (Å²) < 4.78 is 72.1. The van der Waals surface area contributed by atoms with Crippen molar-refractivity contribution in [2.75, 3.05) is 6.61 Å². The average Bonchev–Trinajstić information content (AvgIpc) is 1.94. The summed E-state index contributed by atoms with van der Waals surface area (Å²) in [5, 5.41) is 0. The maximum absolute atomic E-state index is 11.5. The molecule has 0 amide bonds. The zero-order valence-electron chi connectivity index (χ0n) is 6.71. The summed E-state index contributed by atoms with van der Waals surface area (Å²) in [5.41, 5.74) is 0. The Morgan fingerprint density at radius 1 is 1.00 bits per heavy atom. The molecule has 0 unspecified atom stereocenters. The fourth-order valence-corrected chi connectivity index (χ4v) is 0.478. The molecule has 0 N–H and O–H groups in total. The van der Waals surface area contributed by atoms with Gasteiger partial charge in [-0.15, -0.1) is 0 Å². The zero-order chi connectivity index (χ0) is 11.4. The Balaban J connectivity index is 3.68. The van der Waals surface area contributed by atoms with E-state index < -0.39 is 37.8 Å². The van der Waals surface area contributed by atoms with E-state index in [2.05, 4.69) is 4.74 Å². The molecule has 0 saturated heterocycles. The van der Waals surface area contributed by atoms with Gasteiger partial charge in [-0.05, 0) is 0 Å². The zero-order valence-corrected chi connectivity index (χ0v) is 6.71. The first-order valence-electron chi connectivity index (χ1n) is 3.39. The molecule has 14 heavy (non-hydrogen) atoms. The smallest absolute Gasteiger partial charge is 0.422 e. The number of carbonyl (C=O) groups excluding carboxylic acids is 1. The lowest BCUT2D eigenvalue weighted by molar-refractivity contribution is -0.189. The molecule has 0 radical (unpaired) electrons. The number of halogens is 6. The van der Waals surface area contributed by atoms with Crippen LogP contribution in [0, 0.1) is 0 Å². The Morgan fingerprint density at radius 2 is 1.50 bits per heavy atom. The molecule has 0 atom stereocenters. The van der Waals surface area contributed by atoms with Crippen molar-refractivity contribution >= 4 is 5.97 Å². The highest BCUT2D eigenvalue weighted by Gasteiger charge is 2.31. The SMILES string of the molecule is O=C(CCC(F)(F)F)OCC(F)(F)F. The van der Waals surface area contributed by atoms with Gasteiger partial charge in [-0.3, -0.25) is 4.79 Å². The first-order valence-corrected chi connectivity index (χ1v) is 3.39. The Bertz CT molecular complexity index is 173. The van der Waals surface area contributed by atoms with Gasteiger partial charge in [0, 0.05) is 0 Å². The Hall–Kier alpha value is -0.950. The van der Waals surface area contributed by atoms with Crippen molar-refractivity contribution in [2.45, 2.75) is 25.2 Å². The third kappa shape index (κ3) is 9.14. The first kappa shape index (κ1) is 13.1. The third-order valence-electron chi connectivity index (χ3n) is 1.01. The summed E-state index contributed by atoms with van der Waals surface area (Å²) in [4.78, 5) is 10.3. The molecule has 0 aromatic heterocycles. The van der Waals surface area contributed by atoms with E-state index in [1.165, 1.54) is 0 Å². The maximum atomic E-state index is 11.5. The van der Waals surface area contributed by atoms with E-state index in [0.717, 1.165) is 0 Å². The van der Waals surface area contributed by atoms with Crippen molar-refractivity contribution < 1.29 is 35.9 Å². The summed E-state index contributed by atoms with van der Waals surface area (Å²) in [6.07, 6.45) is -11.9. The highest BCUT2D eigenvalue weighted by molar-refractivity contribution is 5.69. The van der Waals surface area contributed by atoms with Gasteiger partial charge in [0.05, 0.1) is 12.8 Å². The van der Waals surface area contributed by atoms with Crippen LogP contribution in [0.15, 0.2) is 0 Å². The summed E-state index contributed by atoms with van der Waals surface area (Å²) in [6, 6.07) is 0. The van der Waals surface area contributed by atoms with Gasteiger partial charge in [0.2, 0.25) is 0 Å². The third-order valence-corrected chi connectivity index (χ3v) is 1.01. The van der Waals surface area contributed by atoms with Crippen LogP contribution in [-0.2, 0) is 9.53 Å². The molecule has 0 aliphatic carbocycles. The monoisotopic (exact) mass is 224 g/mol. The predicted octanol–water partition coefficient (Wildman–Crippen LogP) is 2.43. The molecule has 0 aromatic rings. The van der Waals surface area contributed by atoms with Crippen LogP contribution >= 0.6 is 0 Å². The molecule has 8 heteroatoms. The van der Waals surface area contributed by atoms with Gasteiger partial charge in [-0.2, -0.15) is 26.3 Å². The lowest BCUT2D eigenvalue weighted by Crippen LogP contribution is -2.21. The highest BCUT2D eigenvalue weighted by Crippen LogP contribution is 2.22. The van der Waals surface area contributed by atoms with Gasteiger partial charge in [0.15, 0.2) is 6.61 Å². The first-order chi connectivity index (χ1) is 6.10. The van der Waals surface area contributed by atoms with E-state index in [9.17, 15) is 31.1 Å². The van der Waals surface area contributed by atoms with Crippen molar-refractivity contribution in [3.8, 4) is 0 Å². The molecule has 0 fully saturated rings. The van der Waals surface area contributed by atoms with Gasteiger partial charge in [0.1, 0.15) is 0 Å². The van der Waals surface area contributed by atoms with Crippen molar-refractivity contribution in [2.24, 2.45) is 0 Å². The lowest BCUT2D eigenvalue weighted by atomic mass is 10.3. The minimum Gasteiger partial charge on any atom is -0.456 e. The molecule has 0 aliphatic heterocycles. The molecule has 0 heterocycles. The largest absolute Gasteiger partial charge is 0.456 e. The summed E-state index contributed by atoms with van der Waals surface area (Å²) in [7, 11) is 0. The molecule has 0 rings (SSSR count). The topological polar surface area (TPSA) is 26.3 Å². The molecule has 0 bridgehead atoms. The quantitative estimate of drug-likeness (QED) is 0.543. The van der Waals surface area contributed by atoms with Gasteiger partial charge in [0.25, 0.3) is 0 Å². The number of hydrogen-bond acceptors (Lipinski definition) is 2. The van der Waals surface area contributed by atoms with Gasteiger partial charge >= 0.3 is 18.3 Å².